The summed E-state index contributed by atoms with van der Waals surface area (Å²) in [5.41, 5.74) is 6.38. The topological polar surface area (TPSA) is 123 Å². The van der Waals surface area contributed by atoms with Crippen molar-refractivity contribution in [3.8, 4) is 11.5 Å². The summed E-state index contributed by atoms with van der Waals surface area (Å²) < 4.78 is 26.5. The first-order valence-electron chi connectivity index (χ1n) is 12.3. The van der Waals surface area contributed by atoms with E-state index in [0.717, 1.165) is 25.7 Å². The van der Waals surface area contributed by atoms with Crippen LogP contribution in [0.5, 0.6) is 11.5 Å². The van der Waals surface area contributed by atoms with E-state index >= 15 is 0 Å². The summed E-state index contributed by atoms with van der Waals surface area (Å²) >= 11 is 5.93. The van der Waals surface area contributed by atoms with Crippen molar-refractivity contribution < 1.29 is 23.8 Å². The lowest BCUT2D eigenvalue weighted by Gasteiger charge is -2.37. The zero-order chi connectivity index (χ0) is 26.1. The van der Waals surface area contributed by atoms with Crippen LogP contribution >= 0.6 is 11.6 Å². The number of rotatable bonds is 7. The van der Waals surface area contributed by atoms with E-state index in [-0.39, 0.29) is 28.8 Å². The highest BCUT2D eigenvalue weighted by Crippen LogP contribution is 2.38. The van der Waals surface area contributed by atoms with Crippen LogP contribution in [-0.2, 0) is 4.79 Å². The average Bonchev–Trinajstić information content (AvgIpc) is 3.29. The third kappa shape index (κ3) is 5.27. The second kappa shape index (κ2) is 10.6. The molecule has 2 fully saturated rings. The van der Waals surface area contributed by atoms with Gasteiger partial charge in [-0.25, -0.2) is 14.4 Å². The molecule has 4 N–H and O–H groups in total. The third-order valence-electron chi connectivity index (χ3n) is 7.18. The Hall–Kier alpha value is -3.21. The van der Waals surface area contributed by atoms with Gasteiger partial charge in [-0.1, -0.05) is 17.7 Å². The zero-order valence-electron chi connectivity index (χ0n) is 20.4. The number of nitrogens with two attached hydrogens (primary N) is 1. The molecule has 3 aromatic rings. The van der Waals surface area contributed by atoms with Gasteiger partial charge in [-0.05, 0) is 50.3 Å². The van der Waals surface area contributed by atoms with Crippen molar-refractivity contribution in [3.63, 3.8) is 0 Å². The summed E-state index contributed by atoms with van der Waals surface area (Å²) in [6.07, 6.45) is 4.37. The van der Waals surface area contributed by atoms with E-state index in [1.54, 1.807) is 31.4 Å². The lowest BCUT2D eigenvalue weighted by molar-refractivity contribution is -0.123. The van der Waals surface area contributed by atoms with Crippen LogP contribution in [0.4, 0.5) is 15.9 Å². The molecule has 1 saturated carbocycles. The Bertz CT molecular complexity index is 1300. The molecule has 0 radical (unpaired) electrons. The SMILES string of the molecule is COc1cc2ncnc(Nc3cccc(Cl)c3F)c2cc1O[C@H]1CC[C@H](N2C[C@H](O)C[C@H]2C(N)=O)CC1. The summed E-state index contributed by atoms with van der Waals surface area (Å²) in [5, 5.41) is 13.7. The van der Waals surface area contributed by atoms with Gasteiger partial charge in [0.2, 0.25) is 5.91 Å². The van der Waals surface area contributed by atoms with Gasteiger partial charge in [-0.3, -0.25) is 9.69 Å². The van der Waals surface area contributed by atoms with Crippen LogP contribution < -0.4 is 20.5 Å². The number of hydrogen-bond acceptors (Lipinski definition) is 8. The van der Waals surface area contributed by atoms with Crippen molar-refractivity contribution in [2.45, 2.75) is 56.4 Å². The second-order valence-corrected chi connectivity index (χ2v) is 9.93. The number of halogens is 2. The molecular formula is C26H29ClFN5O4. The summed E-state index contributed by atoms with van der Waals surface area (Å²) in [5.74, 6) is 0.522. The molecule has 1 aliphatic heterocycles. The predicted octanol–water partition coefficient (Wildman–Crippen LogP) is 3.79. The van der Waals surface area contributed by atoms with E-state index < -0.39 is 18.0 Å². The van der Waals surface area contributed by atoms with Crippen molar-refractivity contribution >= 4 is 39.9 Å². The Labute approximate surface area is 218 Å². The molecule has 1 saturated heterocycles. The number of β-amino-alcohol motifs (C(OH)–C–C–N with tert-alkyl or cyclic N) is 1. The number of likely N-dealkylation sites (tertiary alicyclic amines) is 1. The maximum absolute atomic E-state index is 14.5. The number of nitrogens with zero attached hydrogens (tertiary/aromatic N) is 3. The van der Waals surface area contributed by atoms with Crippen LogP contribution in [0.1, 0.15) is 32.1 Å². The van der Waals surface area contributed by atoms with Gasteiger partial charge in [0.25, 0.3) is 0 Å². The first kappa shape index (κ1) is 25.4. The lowest BCUT2D eigenvalue weighted by atomic mass is 9.91. The molecule has 1 amide bonds. The molecule has 5 rings (SSSR count). The fraction of sp³-hybridized carbons (Fsp3) is 0.423. The number of anilines is 2. The highest BCUT2D eigenvalue weighted by molar-refractivity contribution is 6.31. The normalized spacial score (nSPS) is 24.2. The number of primary amides is 1. The number of fused-ring (bicyclic) bond motifs is 1. The summed E-state index contributed by atoms with van der Waals surface area (Å²) in [7, 11) is 1.56. The largest absolute Gasteiger partial charge is 0.493 e. The molecule has 0 unspecified atom stereocenters. The molecule has 0 spiro atoms. The van der Waals surface area contributed by atoms with Gasteiger partial charge in [-0.2, -0.15) is 0 Å². The van der Waals surface area contributed by atoms with Gasteiger partial charge >= 0.3 is 0 Å². The Kier molecular flexibility index (Phi) is 7.32. The van der Waals surface area contributed by atoms with E-state index in [9.17, 15) is 14.3 Å². The Morgan fingerprint density at radius 3 is 2.73 bits per heavy atom. The number of amides is 1. The molecular weight excluding hydrogens is 501 g/mol. The minimum absolute atomic E-state index is 0.00949. The van der Waals surface area contributed by atoms with Gasteiger partial charge in [0.15, 0.2) is 17.3 Å². The van der Waals surface area contributed by atoms with E-state index in [0.29, 0.717) is 41.2 Å². The number of ether oxygens (including phenoxy) is 2. The van der Waals surface area contributed by atoms with Crippen molar-refractivity contribution in [2.24, 2.45) is 5.73 Å². The van der Waals surface area contributed by atoms with Crippen LogP contribution in [0.3, 0.4) is 0 Å². The lowest BCUT2D eigenvalue weighted by Crippen LogP contribution is -2.48. The summed E-state index contributed by atoms with van der Waals surface area (Å²) in [6.45, 7) is 0.464. The van der Waals surface area contributed by atoms with Crippen LogP contribution in [0, 0.1) is 5.82 Å². The number of hydrogen-bond donors (Lipinski definition) is 3. The summed E-state index contributed by atoms with van der Waals surface area (Å²) in [6, 6.07) is 8.02. The third-order valence-corrected chi connectivity index (χ3v) is 7.47. The zero-order valence-corrected chi connectivity index (χ0v) is 21.1. The summed E-state index contributed by atoms with van der Waals surface area (Å²) in [4.78, 5) is 22.5. The number of aliphatic hydroxyl groups is 1. The maximum atomic E-state index is 14.5. The number of nitrogens with one attached hydrogen (secondary N) is 1. The molecule has 11 heteroatoms. The number of methoxy groups -OCH3 is 1. The number of benzene rings is 2. The van der Waals surface area contributed by atoms with Gasteiger partial charge in [-0.15, -0.1) is 0 Å². The Balaban J connectivity index is 1.34. The van der Waals surface area contributed by atoms with E-state index in [1.807, 2.05) is 4.90 Å². The number of carbonyl (C=O) groups is 1. The van der Waals surface area contributed by atoms with Crippen molar-refractivity contribution in [1.82, 2.24) is 14.9 Å². The van der Waals surface area contributed by atoms with Gasteiger partial charge < -0.3 is 25.6 Å². The Morgan fingerprint density at radius 2 is 2.00 bits per heavy atom. The average molecular weight is 530 g/mol. The fourth-order valence-electron chi connectivity index (χ4n) is 5.34. The molecule has 0 bridgehead atoms. The minimum Gasteiger partial charge on any atom is -0.493 e. The Morgan fingerprint density at radius 1 is 1.22 bits per heavy atom. The van der Waals surface area contributed by atoms with E-state index in [4.69, 9.17) is 26.8 Å². The maximum Gasteiger partial charge on any atom is 0.234 e. The van der Waals surface area contributed by atoms with Crippen molar-refractivity contribution in [3.05, 3.63) is 47.5 Å². The number of aromatic nitrogens is 2. The molecule has 1 aromatic heterocycles. The minimum atomic E-state index is -0.568. The standard InChI is InChI=1S/C26H29ClFN5O4/c1-36-22-11-20-17(26(31-13-30-20)32-19-4-2-3-18(27)24(19)28)10-23(22)37-16-7-5-14(6-8-16)33-12-15(34)9-21(33)25(29)35/h2-4,10-11,13-16,21,34H,5-9,12H2,1H3,(H2,29,35)(H,30,31,32)/t14-,15-,16-,21+/m1/s1. The molecule has 2 heterocycles. The van der Waals surface area contributed by atoms with Crippen LogP contribution in [0.2, 0.25) is 5.02 Å². The molecule has 9 nitrogen and oxygen atoms in total. The van der Waals surface area contributed by atoms with Crippen molar-refractivity contribution in [1.29, 1.82) is 0 Å². The molecule has 2 aromatic carbocycles. The van der Waals surface area contributed by atoms with Gasteiger partial charge in [0, 0.05) is 24.0 Å². The van der Waals surface area contributed by atoms with Gasteiger partial charge in [0.05, 0.1) is 41.6 Å². The van der Waals surface area contributed by atoms with Crippen LogP contribution in [0.25, 0.3) is 10.9 Å². The highest BCUT2D eigenvalue weighted by atomic mass is 35.5. The fourth-order valence-corrected chi connectivity index (χ4v) is 5.51. The number of carbonyl (C=O) groups excluding carboxylic acids is 1. The first-order valence-corrected chi connectivity index (χ1v) is 12.7. The van der Waals surface area contributed by atoms with E-state index in [2.05, 4.69) is 15.3 Å². The monoisotopic (exact) mass is 529 g/mol. The van der Waals surface area contributed by atoms with Crippen molar-refractivity contribution in [2.75, 3.05) is 19.0 Å². The molecule has 2 aliphatic rings. The van der Waals surface area contributed by atoms with E-state index in [1.165, 1.54) is 12.4 Å². The van der Waals surface area contributed by atoms with Crippen LogP contribution in [0.15, 0.2) is 36.7 Å². The highest BCUT2D eigenvalue weighted by Gasteiger charge is 2.40. The molecule has 196 valence electrons. The molecule has 2 atom stereocenters. The number of aliphatic hydroxyl groups excluding tert-OH is 1. The predicted molar refractivity (Wildman–Crippen MR) is 138 cm³/mol. The molecule has 1 aliphatic carbocycles. The first-order chi connectivity index (χ1) is 17.8. The molecule has 37 heavy (non-hydrogen) atoms. The second-order valence-electron chi connectivity index (χ2n) is 9.52. The smallest absolute Gasteiger partial charge is 0.234 e. The van der Waals surface area contributed by atoms with Gasteiger partial charge in [0.1, 0.15) is 12.1 Å². The quantitative estimate of drug-likeness (QED) is 0.422. The van der Waals surface area contributed by atoms with Crippen LogP contribution in [-0.4, -0.2) is 63.8 Å².